The Kier molecular flexibility index (Phi) is 3.76. The van der Waals surface area contributed by atoms with Gasteiger partial charge in [0.25, 0.3) is 0 Å². The summed E-state index contributed by atoms with van der Waals surface area (Å²) in [6.07, 6.45) is 8.87. The van der Waals surface area contributed by atoms with Crippen molar-refractivity contribution in [3.8, 4) is 0 Å². The predicted octanol–water partition coefficient (Wildman–Crippen LogP) is 2.10. The van der Waals surface area contributed by atoms with Crippen molar-refractivity contribution in [2.75, 3.05) is 6.54 Å². The van der Waals surface area contributed by atoms with Crippen LogP contribution in [-0.4, -0.2) is 32.5 Å². The van der Waals surface area contributed by atoms with Crippen molar-refractivity contribution in [2.24, 2.45) is 0 Å². The average Bonchev–Trinajstić information content (AvgIpc) is 3.02. The van der Waals surface area contributed by atoms with Crippen molar-refractivity contribution < 1.29 is 4.79 Å². The summed E-state index contributed by atoms with van der Waals surface area (Å²) in [4.78, 5) is 18.6. The summed E-state index contributed by atoms with van der Waals surface area (Å²) in [7, 11) is 0. The Morgan fingerprint density at radius 2 is 2.30 bits per heavy atom. The normalized spacial score (nSPS) is 19.0. The molecule has 104 valence electrons. The van der Waals surface area contributed by atoms with Crippen LogP contribution in [0, 0.1) is 0 Å². The van der Waals surface area contributed by atoms with E-state index in [-0.39, 0.29) is 11.9 Å². The Hall–Kier alpha value is -2.17. The van der Waals surface area contributed by atoms with Crippen LogP contribution in [0.5, 0.6) is 0 Å². The number of amides is 1. The minimum atomic E-state index is 0.135. The quantitative estimate of drug-likeness (QED) is 0.929. The van der Waals surface area contributed by atoms with Gasteiger partial charge in [-0.2, -0.15) is 5.10 Å². The highest BCUT2D eigenvalue weighted by Crippen LogP contribution is 2.29. The van der Waals surface area contributed by atoms with Crippen LogP contribution in [0.1, 0.15) is 36.6 Å². The molecule has 3 rings (SSSR count). The number of likely N-dealkylation sites (tertiary alicyclic amines) is 1. The van der Waals surface area contributed by atoms with Gasteiger partial charge in [0, 0.05) is 25.1 Å². The van der Waals surface area contributed by atoms with Gasteiger partial charge in [0.1, 0.15) is 0 Å². The molecule has 1 aliphatic rings. The Balaban J connectivity index is 1.74. The maximum atomic E-state index is 12.5. The van der Waals surface area contributed by atoms with Crippen LogP contribution in [0.4, 0.5) is 0 Å². The number of H-pyrrole nitrogens is 1. The third-order valence-electron chi connectivity index (χ3n) is 3.78. The van der Waals surface area contributed by atoms with Crippen LogP contribution in [0.15, 0.2) is 36.8 Å². The zero-order valence-electron chi connectivity index (χ0n) is 11.3. The second-order valence-corrected chi connectivity index (χ2v) is 5.15. The van der Waals surface area contributed by atoms with Crippen molar-refractivity contribution in [3.05, 3.63) is 48.0 Å². The molecular weight excluding hydrogens is 252 g/mol. The van der Waals surface area contributed by atoms with E-state index >= 15 is 0 Å². The Bertz CT molecular complexity index is 553. The molecular formula is C15H18N4O. The topological polar surface area (TPSA) is 61.9 Å². The summed E-state index contributed by atoms with van der Waals surface area (Å²) in [5.41, 5.74) is 2.00. The number of carbonyl (C=O) groups excluding carboxylic acids is 1. The van der Waals surface area contributed by atoms with E-state index in [0.29, 0.717) is 6.42 Å². The number of carbonyl (C=O) groups is 1. The highest BCUT2D eigenvalue weighted by atomic mass is 16.2. The SMILES string of the molecule is O=C(Cc1cccnc1)N1CCCCC1c1ccn[nH]1. The molecule has 0 spiro atoms. The van der Waals surface area contributed by atoms with Crippen LogP contribution in [-0.2, 0) is 11.2 Å². The minimum absolute atomic E-state index is 0.135. The highest BCUT2D eigenvalue weighted by Gasteiger charge is 2.28. The molecule has 1 N–H and O–H groups in total. The fourth-order valence-electron chi connectivity index (χ4n) is 2.78. The molecule has 2 aromatic heterocycles. The number of aromatic nitrogens is 3. The zero-order chi connectivity index (χ0) is 13.8. The summed E-state index contributed by atoms with van der Waals surface area (Å²) >= 11 is 0. The number of nitrogens with zero attached hydrogens (tertiary/aromatic N) is 3. The number of rotatable bonds is 3. The molecule has 1 unspecified atom stereocenters. The van der Waals surface area contributed by atoms with Crippen molar-refractivity contribution in [2.45, 2.75) is 31.7 Å². The lowest BCUT2D eigenvalue weighted by atomic mass is 9.98. The van der Waals surface area contributed by atoms with Crippen LogP contribution >= 0.6 is 0 Å². The molecule has 1 atom stereocenters. The van der Waals surface area contributed by atoms with E-state index < -0.39 is 0 Å². The monoisotopic (exact) mass is 270 g/mol. The molecule has 5 heteroatoms. The molecule has 0 aromatic carbocycles. The molecule has 1 amide bonds. The Morgan fingerprint density at radius 3 is 3.05 bits per heavy atom. The van der Waals surface area contributed by atoms with Gasteiger partial charge in [-0.1, -0.05) is 6.07 Å². The number of pyridine rings is 1. The van der Waals surface area contributed by atoms with Gasteiger partial charge < -0.3 is 4.90 Å². The molecule has 1 saturated heterocycles. The van der Waals surface area contributed by atoms with E-state index in [9.17, 15) is 4.79 Å². The van der Waals surface area contributed by atoms with E-state index in [0.717, 1.165) is 37.1 Å². The van der Waals surface area contributed by atoms with Crippen molar-refractivity contribution >= 4 is 5.91 Å². The van der Waals surface area contributed by atoms with Gasteiger partial charge >= 0.3 is 0 Å². The Morgan fingerprint density at radius 1 is 1.35 bits per heavy atom. The first-order valence-electron chi connectivity index (χ1n) is 7.02. The largest absolute Gasteiger partial charge is 0.334 e. The van der Waals surface area contributed by atoms with Gasteiger partial charge in [-0.05, 0) is 37.0 Å². The van der Waals surface area contributed by atoms with Crippen molar-refractivity contribution in [1.29, 1.82) is 0 Å². The Labute approximate surface area is 118 Å². The summed E-state index contributed by atoms with van der Waals surface area (Å²) < 4.78 is 0. The highest BCUT2D eigenvalue weighted by molar-refractivity contribution is 5.79. The predicted molar refractivity (Wildman–Crippen MR) is 74.8 cm³/mol. The molecule has 20 heavy (non-hydrogen) atoms. The molecule has 1 fully saturated rings. The summed E-state index contributed by atoms with van der Waals surface area (Å²) in [5, 5.41) is 7.00. The third-order valence-corrected chi connectivity index (χ3v) is 3.78. The van der Waals surface area contributed by atoms with Gasteiger partial charge in [0.15, 0.2) is 0 Å². The fraction of sp³-hybridized carbons (Fsp3) is 0.400. The lowest BCUT2D eigenvalue weighted by molar-refractivity contribution is -0.134. The maximum Gasteiger partial charge on any atom is 0.227 e. The first kappa shape index (κ1) is 12.8. The van der Waals surface area contributed by atoms with Crippen LogP contribution in [0.2, 0.25) is 0 Å². The molecule has 5 nitrogen and oxygen atoms in total. The molecule has 0 aliphatic carbocycles. The molecule has 2 aromatic rings. The molecule has 0 radical (unpaired) electrons. The minimum Gasteiger partial charge on any atom is -0.334 e. The fourth-order valence-corrected chi connectivity index (χ4v) is 2.78. The number of aromatic amines is 1. The van der Waals surface area contributed by atoms with E-state index in [1.165, 1.54) is 0 Å². The van der Waals surface area contributed by atoms with Crippen LogP contribution < -0.4 is 0 Å². The summed E-state index contributed by atoms with van der Waals surface area (Å²) in [6.45, 7) is 0.822. The molecule has 3 heterocycles. The third kappa shape index (κ3) is 2.71. The number of hydrogen-bond donors (Lipinski definition) is 1. The smallest absolute Gasteiger partial charge is 0.227 e. The summed E-state index contributed by atoms with van der Waals surface area (Å²) in [6, 6.07) is 5.90. The zero-order valence-corrected chi connectivity index (χ0v) is 11.3. The molecule has 0 bridgehead atoms. The summed E-state index contributed by atoms with van der Waals surface area (Å²) in [5.74, 6) is 0.164. The second-order valence-electron chi connectivity index (χ2n) is 5.15. The standard InChI is InChI=1S/C15H18N4O/c20-15(10-12-4-3-7-16-11-12)19-9-2-1-5-14(19)13-6-8-17-18-13/h3-4,6-8,11,14H,1-2,5,9-10H2,(H,17,18). The van der Waals surface area contributed by atoms with Gasteiger partial charge in [-0.3, -0.25) is 14.9 Å². The van der Waals surface area contributed by atoms with Gasteiger partial charge in [-0.15, -0.1) is 0 Å². The van der Waals surface area contributed by atoms with E-state index in [2.05, 4.69) is 15.2 Å². The van der Waals surface area contributed by atoms with Crippen LogP contribution in [0.3, 0.4) is 0 Å². The van der Waals surface area contributed by atoms with E-state index in [4.69, 9.17) is 0 Å². The van der Waals surface area contributed by atoms with Crippen LogP contribution in [0.25, 0.3) is 0 Å². The first-order chi connectivity index (χ1) is 9.84. The van der Waals surface area contributed by atoms with Crippen molar-refractivity contribution in [1.82, 2.24) is 20.1 Å². The maximum absolute atomic E-state index is 12.5. The molecule has 0 saturated carbocycles. The lowest BCUT2D eigenvalue weighted by Gasteiger charge is -2.35. The molecule has 1 aliphatic heterocycles. The van der Waals surface area contributed by atoms with E-state index in [1.54, 1.807) is 18.6 Å². The number of piperidine rings is 1. The van der Waals surface area contributed by atoms with Gasteiger partial charge in [0.05, 0.1) is 18.2 Å². The average molecular weight is 270 g/mol. The second kappa shape index (κ2) is 5.86. The number of nitrogens with one attached hydrogen (secondary N) is 1. The first-order valence-corrected chi connectivity index (χ1v) is 7.02. The van der Waals surface area contributed by atoms with Gasteiger partial charge in [0.2, 0.25) is 5.91 Å². The number of hydrogen-bond acceptors (Lipinski definition) is 3. The van der Waals surface area contributed by atoms with Gasteiger partial charge in [-0.25, -0.2) is 0 Å². The van der Waals surface area contributed by atoms with E-state index in [1.807, 2.05) is 23.1 Å². The van der Waals surface area contributed by atoms with Crippen molar-refractivity contribution in [3.63, 3.8) is 0 Å². The lowest BCUT2D eigenvalue weighted by Crippen LogP contribution is -2.39.